The van der Waals surface area contributed by atoms with Crippen LogP contribution in [-0.2, 0) is 9.59 Å². The van der Waals surface area contributed by atoms with Gasteiger partial charge in [0.1, 0.15) is 6.04 Å². The van der Waals surface area contributed by atoms with Crippen molar-refractivity contribution >= 4 is 27.7 Å². The van der Waals surface area contributed by atoms with Gasteiger partial charge in [-0.15, -0.1) is 0 Å². The molecule has 1 fully saturated rings. The smallest absolute Gasteiger partial charge is 0.244 e. The van der Waals surface area contributed by atoms with Gasteiger partial charge in [0.05, 0.1) is 4.83 Å². The zero-order valence-electron chi connectivity index (χ0n) is 10.1. The molecule has 0 aromatic heterocycles. The van der Waals surface area contributed by atoms with E-state index >= 15 is 0 Å². The monoisotopic (exact) mass is 290 g/mol. The van der Waals surface area contributed by atoms with Crippen molar-refractivity contribution in [3.63, 3.8) is 0 Å². The van der Waals surface area contributed by atoms with Crippen LogP contribution in [0.25, 0.3) is 0 Å². The molecular weight excluding hydrogens is 272 g/mol. The predicted molar refractivity (Wildman–Crippen MR) is 66.4 cm³/mol. The Labute approximate surface area is 105 Å². The lowest BCUT2D eigenvalue weighted by molar-refractivity contribution is -0.141. The summed E-state index contributed by atoms with van der Waals surface area (Å²) in [6, 6.07) is -0.255. The van der Waals surface area contributed by atoms with Gasteiger partial charge >= 0.3 is 0 Å². The van der Waals surface area contributed by atoms with Crippen molar-refractivity contribution in [1.29, 1.82) is 0 Å². The minimum Gasteiger partial charge on any atom is -0.347 e. The Bertz CT molecular complexity index is 281. The van der Waals surface area contributed by atoms with Gasteiger partial charge in [-0.05, 0) is 19.3 Å². The summed E-state index contributed by atoms with van der Waals surface area (Å²) in [5, 5.41) is 0. The highest BCUT2D eigenvalue weighted by Gasteiger charge is 2.36. The fourth-order valence-corrected chi connectivity index (χ4v) is 2.20. The summed E-state index contributed by atoms with van der Waals surface area (Å²) in [6.45, 7) is 2.65. The summed E-state index contributed by atoms with van der Waals surface area (Å²) in [5.41, 5.74) is 0. The first kappa shape index (κ1) is 13.5. The number of amides is 2. The van der Waals surface area contributed by atoms with Crippen LogP contribution in [0.15, 0.2) is 0 Å². The minimum absolute atomic E-state index is 0.0293. The third-order valence-corrected chi connectivity index (χ3v) is 3.93. The number of likely N-dealkylation sites (N-methyl/N-ethyl adjacent to an activating group) is 1. The van der Waals surface area contributed by atoms with E-state index in [0.717, 1.165) is 19.3 Å². The van der Waals surface area contributed by atoms with Crippen molar-refractivity contribution in [2.75, 3.05) is 20.6 Å². The van der Waals surface area contributed by atoms with Crippen LogP contribution >= 0.6 is 15.9 Å². The van der Waals surface area contributed by atoms with Gasteiger partial charge < -0.3 is 9.80 Å². The second-order valence-electron chi connectivity index (χ2n) is 4.30. The van der Waals surface area contributed by atoms with Gasteiger partial charge in [-0.1, -0.05) is 22.9 Å². The molecule has 0 saturated carbocycles. The van der Waals surface area contributed by atoms with Gasteiger partial charge in [0.25, 0.3) is 0 Å². The van der Waals surface area contributed by atoms with Gasteiger partial charge in [0.2, 0.25) is 11.8 Å². The topological polar surface area (TPSA) is 40.6 Å². The maximum atomic E-state index is 12.0. The molecule has 2 amide bonds. The molecule has 0 radical (unpaired) electrons. The maximum absolute atomic E-state index is 12.0. The van der Waals surface area contributed by atoms with Crippen molar-refractivity contribution in [2.24, 2.45) is 0 Å². The lowest BCUT2D eigenvalue weighted by Crippen LogP contribution is -2.47. The molecule has 0 bridgehead atoms. The number of hydrogen-bond acceptors (Lipinski definition) is 2. The Morgan fingerprint density at radius 1 is 1.50 bits per heavy atom. The summed E-state index contributed by atoms with van der Waals surface area (Å²) in [5.74, 6) is 0.0712. The number of halogens is 1. The molecule has 1 heterocycles. The summed E-state index contributed by atoms with van der Waals surface area (Å²) < 4.78 is 0. The first-order chi connectivity index (χ1) is 7.49. The second-order valence-corrected chi connectivity index (χ2v) is 5.40. The van der Waals surface area contributed by atoms with Gasteiger partial charge in [0.15, 0.2) is 0 Å². The molecule has 1 aliphatic rings. The van der Waals surface area contributed by atoms with Crippen LogP contribution in [-0.4, -0.2) is 53.1 Å². The molecule has 5 heteroatoms. The van der Waals surface area contributed by atoms with E-state index in [9.17, 15) is 9.59 Å². The highest BCUT2D eigenvalue weighted by atomic mass is 79.9. The molecular formula is C11H19BrN2O2. The molecule has 16 heavy (non-hydrogen) atoms. The van der Waals surface area contributed by atoms with E-state index in [1.165, 1.54) is 0 Å². The number of likely N-dealkylation sites (tertiary alicyclic amines) is 1. The molecule has 2 atom stereocenters. The summed E-state index contributed by atoms with van der Waals surface area (Å²) in [6.07, 6.45) is 2.45. The molecule has 2 unspecified atom stereocenters. The number of rotatable bonds is 3. The van der Waals surface area contributed by atoms with E-state index in [1.54, 1.807) is 23.9 Å². The van der Waals surface area contributed by atoms with Crippen LogP contribution in [0.5, 0.6) is 0 Å². The molecule has 4 nitrogen and oxygen atoms in total. The third kappa shape index (κ3) is 2.75. The van der Waals surface area contributed by atoms with E-state index < -0.39 is 0 Å². The van der Waals surface area contributed by atoms with E-state index in [4.69, 9.17) is 0 Å². The number of carbonyl (C=O) groups excluding carboxylic acids is 2. The largest absolute Gasteiger partial charge is 0.347 e. The van der Waals surface area contributed by atoms with Crippen molar-refractivity contribution in [3.05, 3.63) is 0 Å². The number of hydrogen-bond donors (Lipinski definition) is 0. The fourth-order valence-electron chi connectivity index (χ4n) is 1.94. The Balaban J connectivity index is 2.73. The summed E-state index contributed by atoms with van der Waals surface area (Å²) in [4.78, 5) is 27.0. The zero-order valence-corrected chi connectivity index (χ0v) is 11.7. The Hall–Kier alpha value is -0.580. The van der Waals surface area contributed by atoms with Gasteiger partial charge in [-0.2, -0.15) is 0 Å². The molecule has 0 aromatic carbocycles. The van der Waals surface area contributed by atoms with Crippen molar-refractivity contribution < 1.29 is 9.59 Å². The van der Waals surface area contributed by atoms with Gasteiger partial charge in [0, 0.05) is 20.6 Å². The summed E-state index contributed by atoms with van der Waals surface area (Å²) in [7, 11) is 3.46. The lowest BCUT2D eigenvalue weighted by Gasteiger charge is -2.27. The highest BCUT2D eigenvalue weighted by molar-refractivity contribution is 9.10. The molecule has 1 saturated heterocycles. The standard InChI is InChI=1S/C11H19BrN2O2/c1-4-8(12)10(15)14-7-5-6-9(14)11(16)13(2)3/h8-9H,4-7H2,1-3H3. The number of nitrogens with zero attached hydrogens (tertiary/aromatic N) is 2. The SMILES string of the molecule is CCC(Br)C(=O)N1CCCC1C(=O)N(C)C. The fraction of sp³-hybridized carbons (Fsp3) is 0.818. The molecule has 0 aromatic rings. The molecule has 1 aliphatic heterocycles. The number of alkyl halides is 1. The van der Waals surface area contributed by atoms with Crippen LogP contribution in [0.2, 0.25) is 0 Å². The first-order valence-corrected chi connectivity index (χ1v) is 6.56. The van der Waals surface area contributed by atoms with E-state index in [0.29, 0.717) is 6.54 Å². The average Bonchev–Trinajstić information content (AvgIpc) is 2.74. The second kappa shape index (κ2) is 5.66. The Morgan fingerprint density at radius 2 is 2.12 bits per heavy atom. The van der Waals surface area contributed by atoms with E-state index in [1.807, 2.05) is 6.92 Å². The maximum Gasteiger partial charge on any atom is 0.244 e. The van der Waals surface area contributed by atoms with Gasteiger partial charge in [-0.25, -0.2) is 0 Å². The van der Waals surface area contributed by atoms with E-state index in [2.05, 4.69) is 15.9 Å². The van der Waals surface area contributed by atoms with Crippen molar-refractivity contribution in [3.8, 4) is 0 Å². The molecule has 1 rings (SSSR count). The zero-order chi connectivity index (χ0) is 12.3. The van der Waals surface area contributed by atoms with Crippen LogP contribution in [0.3, 0.4) is 0 Å². The van der Waals surface area contributed by atoms with E-state index in [-0.39, 0.29) is 22.7 Å². The molecule has 0 N–H and O–H groups in total. The van der Waals surface area contributed by atoms with Crippen LogP contribution in [0.1, 0.15) is 26.2 Å². The average molecular weight is 291 g/mol. The normalized spacial score (nSPS) is 22.0. The molecule has 0 aliphatic carbocycles. The highest BCUT2D eigenvalue weighted by Crippen LogP contribution is 2.22. The quantitative estimate of drug-likeness (QED) is 0.734. The molecule has 92 valence electrons. The molecule has 0 spiro atoms. The Kier molecular flexibility index (Phi) is 4.77. The lowest BCUT2D eigenvalue weighted by atomic mass is 10.2. The van der Waals surface area contributed by atoms with Crippen LogP contribution in [0.4, 0.5) is 0 Å². The van der Waals surface area contributed by atoms with Crippen LogP contribution in [0, 0.1) is 0 Å². The third-order valence-electron chi connectivity index (χ3n) is 2.89. The Morgan fingerprint density at radius 3 is 2.62 bits per heavy atom. The number of carbonyl (C=O) groups is 2. The summed E-state index contributed by atoms with van der Waals surface area (Å²) >= 11 is 3.35. The first-order valence-electron chi connectivity index (χ1n) is 5.64. The minimum atomic E-state index is -0.255. The van der Waals surface area contributed by atoms with Crippen molar-refractivity contribution in [1.82, 2.24) is 9.80 Å². The van der Waals surface area contributed by atoms with Gasteiger partial charge in [-0.3, -0.25) is 9.59 Å². The van der Waals surface area contributed by atoms with Crippen LogP contribution < -0.4 is 0 Å². The van der Waals surface area contributed by atoms with Crippen molar-refractivity contribution in [2.45, 2.75) is 37.1 Å². The predicted octanol–water partition coefficient (Wildman–Crippen LogP) is 1.24.